The second kappa shape index (κ2) is 15.9. The van der Waals surface area contributed by atoms with E-state index < -0.39 is 9.84 Å². The third-order valence-corrected chi connectivity index (χ3v) is 12.7. The average molecular weight is 774 g/mol. The molecule has 58 heavy (non-hydrogen) atoms. The van der Waals surface area contributed by atoms with Gasteiger partial charge in [0.2, 0.25) is 9.84 Å². The van der Waals surface area contributed by atoms with E-state index in [0.717, 1.165) is 70.3 Å². The van der Waals surface area contributed by atoms with Gasteiger partial charge in [0.1, 0.15) is 0 Å². The molecule has 0 atom stereocenters. The second-order valence-electron chi connectivity index (χ2n) is 14.6. The molecule has 0 amide bonds. The van der Waals surface area contributed by atoms with E-state index in [2.05, 4.69) is 131 Å². The molecule has 1 aliphatic heterocycles. The summed E-state index contributed by atoms with van der Waals surface area (Å²) < 4.78 is 27.9. The van der Waals surface area contributed by atoms with Gasteiger partial charge >= 0.3 is 0 Å². The topological polar surface area (TPSA) is 43.9 Å². The number of sulfone groups is 1. The lowest BCUT2D eigenvalue weighted by atomic mass is 10.0. The molecule has 0 radical (unpaired) electrons. The lowest BCUT2D eigenvalue weighted by Crippen LogP contribution is -2.23. The fourth-order valence-corrected chi connectivity index (χ4v) is 9.31. The SMILES string of the molecule is Cc1ccccc1N(c1ccccc1)c1ccccc1CCCc1ccc(S(=O)(=O)c2ccc(N3c4ccccc4N(c4ccccc4)c4ccccc43)cc2)cc1. The highest BCUT2D eigenvalue weighted by molar-refractivity contribution is 7.91. The molecule has 6 heteroatoms. The predicted octanol–water partition coefficient (Wildman–Crippen LogP) is 13.7. The van der Waals surface area contributed by atoms with Crippen LogP contribution in [0, 0.1) is 6.92 Å². The van der Waals surface area contributed by atoms with E-state index in [9.17, 15) is 8.42 Å². The maximum absolute atomic E-state index is 14.0. The zero-order chi connectivity index (χ0) is 39.5. The van der Waals surface area contributed by atoms with E-state index in [0.29, 0.717) is 4.90 Å². The van der Waals surface area contributed by atoms with Crippen molar-refractivity contribution in [1.29, 1.82) is 0 Å². The highest BCUT2D eigenvalue weighted by Gasteiger charge is 2.30. The monoisotopic (exact) mass is 773 g/mol. The van der Waals surface area contributed by atoms with Gasteiger partial charge in [-0.1, -0.05) is 109 Å². The highest BCUT2D eigenvalue weighted by Crippen LogP contribution is 2.54. The van der Waals surface area contributed by atoms with Crippen molar-refractivity contribution in [2.75, 3.05) is 14.7 Å². The number of anilines is 9. The summed E-state index contributed by atoms with van der Waals surface area (Å²) in [5, 5.41) is 0. The first-order valence-electron chi connectivity index (χ1n) is 19.7. The van der Waals surface area contributed by atoms with Crippen molar-refractivity contribution in [1.82, 2.24) is 0 Å². The molecule has 9 rings (SSSR count). The lowest BCUT2D eigenvalue weighted by molar-refractivity contribution is 0.596. The molecule has 0 aromatic heterocycles. The summed E-state index contributed by atoms with van der Waals surface area (Å²) >= 11 is 0. The Hall–Kier alpha value is -6.89. The van der Waals surface area contributed by atoms with Gasteiger partial charge in [-0.15, -0.1) is 0 Å². The number of aryl methyl sites for hydroxylation is 3. The largest absolute Gasteiger partial charge is 0.310 e. The molecule has 0 saturated heterocycles. The third kappa shape index (κ3) is 7.04. The molecule has 0 saturated carbocycles. The normalized spacial score (nSPS) is 12.2. The molecule has 0 fully saturated rings. The van der Waals surface area contributed by atoms with Gasteiger partial charge in [-0.05, 0) is 140 Å². The smallest absolute Gasteiger partial charge is 0.206 e. The van der Waals surface area contributed by atoms with Crippen LogP contribution in [-0.4, -0.2) is 8.42 Å². The molecule has 8 aromatic carbocycles. The summed E-state index contributed by atoms with van der Waals surface area (Å²) in [7, 11) is -3.74. The average Bonchev–Trinajstić information content (AvgIpc) is 3.27. The van der Waals surface area contributed by atoms with Crippen LogP contribution in [0.2, 0.25) is 0 Å². The first-order chi connectivity index (χ1) is 28.5. The van der Waals surface area contributed by atoms with Crippen LogP contribution >= 0.6 is 0 Å². The number of nitrogens with zero attached hydrogens (tertiary/aromatic N) is 3. The minimum atomic E-state index is -3.74. The molecule has 5 nitrogen and oxygen atoms in total. The Morgan fingerprint density at radius 1 is 0.431 bits per heavy atom. The van der Waals surface area contributed by atoms with Gasteiger partial charge in [-0.2, -0.15) is 0 Å². The molecule has 8 aromatic rings. The molecule has 0 unspecified atom stereocenters. The van der Waals surface area contributed by atoms with E-state index in [1.807, 2.05) is 72.8 Å². The Balaban J connectivity index is 0.922. The van der Waals surface area contributed by atoms with Gasteiger partial charge in [0.15, 0.2) is 0 Å². The van der Waals surface area contributed by atoms with E-state index in [1.165, 1.54) is 16.8 Å². The maximum atomic E-state index is 14.0. The van der Waals surface area contributed by atoms with Crippen molar-refractivity contribution >= 4 is 61.0 Å². The van der Waals surface area contributed by atoms with Gasteiger partial charge in [0.25, 0.3) is 0 Å². The fraction of sp³-hybridized carbons (Fsp3) is 0.0769. The Bertz CT molecular complexity index is 2740. The molecule has 284 valence electrons. The standard InChI is InChI=1S/C52H43N3O2S/c1-39-17-8-10-25-47(39)53(42-21-4-2-5-22-42)48-26-11-9-19-41(48)20-16-18-40-31-35-45(36-32-40)58(56,57)46-37-33-44(34-38-46)55-51-29-14-12-27-49(51)54(43-23-6-3-7-24-43)50-28-13-15-30-52(50)55/h2-15,17,19,21-38H,16,18,20H2,1H3. The first kappa shape index (κ1) is 36.7. The predicted molar refractivity (Wildman–Crippen MR) is 239 cm³/mol. The zero-order valence-corrected chi connectivity index (χ0v) is 33.1. The first-order valence-corrected chi connectivity index (χ1v) is 21.2. The number of para-hydroxylation sites is 8. The molecule has 0 N–H and O–H groups in total. The summed E-state index contributed by atoms with van der Waals surface area (Å²) in [5.74, 6) is 0. The molecular weight excluding hydrogens is 731 g/mol. The van der Waals surface area contributed by atoms with Crippen LogP contribution in [-0.2, 0) is 22.7 Å². The maximum Gasteiger partial charge on any atom is 0.206 e. The molecule has 1 aliphatic rings. The third-order valence-electron chi connectivity index (χ3n) is 10.9. The van der Waals surface area contributed by atoms with Crippen LogP contribution in [0.3, 0.4) is 0 Å². The Morgan fingerprint density at radius 2 is 0.879 bits per heavy atom. The van der Waals surface area contributed by atoms with Crippen LogP contribution < -0.4 is 14.7 Å². The van der Waals surface area contributed by atoms with E-state index >= 15 is 0 Å². The van der Waals surface area contributed by atoms with Gasteiger partial charge in [-0.25, -0.2) is 8.42 Å². The Labute approximate surface area is 341 Å². The van der Waals surface area contributed by atoms with Crippen molar-refractivity contribution in [3.63, 3.8) is 0 Å². The van der Waals surface area contributed by atoms with Crippen molar-refractivity contribution in [3.8, 4) is 0 Å². The Kier molecular flexibility index (Phi) is 10.1. The molecular formula is C52H43N3O2S. The quantitative estimate of drug-likeness (QED) is 0.131. The van der Waals surface area contributed by atoms with Crippen LogP contribution in [0.1, 0.15) is 23.1 Å². The molecule has 0 aliphatic carbocycles. The van der Waals surface area contributed by atoms with Crippen molar-refractivity contribution in [2.24, 2.45) is 0 Å². The van der Waals surface area contributed by atoms with Crippen LogP contribution in [0.5, 0.6) is 0 Å². The zero-order valence-electron chi connectivity index (χ0n) is 32.3. The number of hydrogen-bond acceptors (Lipinski definition) is 5. The van der Waals surface area contributed by atoms with Crippen molar-refractivity contribution in [2.45, 2.75) is 36.0 Å². The minimum Gasteiger partial charge on any atom is -0.310 e. The second-order valence-corrected chi connectivity index (χ2v) is 16.5. The molecule has 0 spiro atoms. The lowest BCUT2D eigenvalue weighted by Gasteiger charge is -2.40. The van der Waals surface area contributed by atoms with Crippen LogP contribution in [0.25, 0.3) is 0 Å². The Morgan fingerprint density at radius 3 is 1.45 bits per heavy atom. The van der Waals surface area contributed by atoms with Crippen LogP contribution in [0.4, 0.5) is 51.2 Å². The molecule has 0 bridgehead atoms. The van der Waals surface area contributed by atoms with Crippen LogP contribution in [0.15, 0.2) is 216 Å². The van der Waals surface area contributed by atoms with E-state index in [-0.39, 0.29) is 4.90 Å². The number of rotatable bonds is 11. The summed E-state index contributed by atoms with van der Waals surface area (Å²) in [6.45, 7) is 2.15. The van der Waals surface area contributed by atoms with Crippen molar-refractivity contribution in [3.05, 3.63) is 223 Å². The van der Waals surface area contributed by atoms with E-state index in [1.54, 1.807) is 24.3 Å². The summed E-state index contributed by atoms with van der Waals surface area (Å²) in [4.78, 5) is 7.38. The van der Waals surface area contributed by atoms with Gasteiger partial charge < -0.3 is 14.7 Å². The molecule has 1 heterocycles. The number of benzene rings is 8. The van der Waals surface area contributed by atoms with Crippen molar-refractivity contribution < 1.29 is 8.42 Å². The number of hydrogen-bond donors (Lipinski definition) is 0. The van der Waals surface area contributed by atoms with Gasteiger partial charge in [0, 0.05) is 28.4 Å². The summed E-state index contributed by atoms with van der Waals surface area (Å²) in [5.41, 5.74) is 13.1. The van der Waals surface area contributed by atoms with E-state index in [4.69, 9.17) is 0 Å². The van der Waals surface area contributed by atoms with Gasteiger partial charge in [0.05, 0.1) is 32.5 Å². The summed E-state index contributed by atoms with van der Waals surface area (Å²) in [6, 6.07) is 69.3. The highest BCUT2D eigenvalue weighted by atomic mass is 32.2. The summed E-state index contributed by atoms with van der Waals surface area (Å²) in [6.07, 6.45) is 2.64. The minimum absolute atomic E-state index is 0.265. The van der Waals surface area contributed by atoms with Gasteiger partial charge in [-0.3, -0.25) is 0 Å². The number of fused-ring (bicyclic) bond motifs is 2. The fourth-order valence-electron chi connectivity index (χ4n) is 8.05.